The lowest BCUT2D eigenvalue weighted by Crippen LogP contribution is -2.10. The monoisotopic (exact) mass is 356 g/mol. The summed E-state index contributed by atoms with van der Waals surface area (Å²) < 4.78 is 62.2. The van der Waals surface area contributed by atoms with Gasteiger partial charge in [-0.3, -0.25) is 0 Å². The van der Waals surface area contributed by atoms with Crippen molar-refractivity contribution in [1.82, 2.24) is 9.97 Å². The Labute approximate surface area is 139 Å². The second kappa shape index (κ2) is 6.11. The van der Waals surface area contributed by atoms with Gasteiger partial charge in [-0.25, -0.2) is 14.4 Å². The first-order chi connectivity index (χ1) is 11.8. The molecule has 3 rings (SSSR count). The fourth-order valence-electron chi connectivity index (χ4n) is 2.19. The molecule has 25 heavy (non-hydrogen) atoms. The summed E-state index contributed by atoms with van der Waals surface area (Å²) in [5.74, 6) is -0.488. The predicted octanol–water partition coefficient (Wildman–Crippen LogP) is 3.41. The van der Waals surface area contributed by atoms with Gasteiger partial charge < -0.3 is 20.5 Å². The van der Waals surface area contributed by atoms with Crippen molar-refractivity contribution in [2.24, 2.45) is 0 Å². The maximum absolute atomic E-state index is 14.2. The minimum atomic E-state index is -4.65. The van der Waals surface area contributed by atoms with Crippen molar-refractivity contribution >= 4 is 11.5 Å². The van der Waals surface area contributed by atoms with Gasteiger partial charge >= 0.3 is 6.18 Å². The van der Waals surface area contributed by atoms with E-state index < -0.39 is 17.6 Å². The molecule has 10 heteroatoms. The van der Waals surface area contributed by atoms with Gasteiger partial charge in [0.15, 0.2) is 5.82 Å². The standard InChI is InChI=1S/C15H12F4N4O2/c1-7-21-13(9-3-2-8(4-10(9)16)15(17,18)19)12(20)14(22-7)23-11-5-24-6-25-11/h2-5H,6,20H2,1H3,(H,21,22,23). The predicted molar refractivity (Wildman–Crippen MR) is 80.3 cm³/mol. The number of nitrogens with zero attached hydrogens (tertiary/aromatic N) is 2. The van der Waals surface area contributed by atoms with Crippen LogP contribution in [-0.4, -0.2) is 16.8 Å². The molecule has 0 spiro atoms. The van der Waals surface area contributed by atoms with Crippen LogP contribution in [0.3, 0.4) is 0 Å². The molecule has 1 aliphatic heterocycles. The van der Waals surface area contributed by atoms with Crippen LogP contribution >= 0.6 is 0 Å². The van der Waals surface area contributed by atoms with E-state index in [0.29, 0.717) is 6.07 Å². The molecule has 0 atom stereocenters. The molecule has 0 radical (unpaired) electrons. The third kappa shape index (κ3) is 3.42. The van der Waals surface area contributed by atoms with Gasteiger partial charge in [0.25, 0.3) is 0 Å². The number of aryl methyl sites for hydroxylation is 1. The Hall–Kier alpha value is -3.04. The molecule has 1 aromatic carbocycles. The molecule has 0 saturated carbocycles. The van der Waals surface area contributed by atoms with E-state index in [4.69, 9.17) is 15.2 Å². The number of nitrogens with two attached hydrogens (primary N) is 1. The van der Waals surface area contributed by atoms with Gasteiger partial charge in [0, 0.05) is 5.56 Å². The van der Waals surface area contributed by atoms with E-state index in [9.17, 15) is 17.6 Å². The van der Waals surface area contributed by atoms with Gasteiger partial charge in [0.1, 0.15) is 29.3 Å². The first-order valence-electron chi connectivity index (χ1n) is 6.98. The molecule has 0 amide bonds. The van der Waals surface area contributed by atoms with Gasteiger partial charge in [0.05, 0.1) is 5.56 Å². The number of anilines is 2. The average Bonchev–Trinajstić information content (AvgIpc) is 3.03. The van der Waals surface area contributed by atoms with Crippen molar-refractivity contribution in [3.05, 3.63) is 47.5 Å². The first kappa shape index (κ1) is 16.8. The molecule has 3 N–H and O–H groups in total. The van der Waals surface area contributed by atoms with Gasteiger partial charge in [-0.05, 0) is 25.1 Å². The first-order valence-corrected chi connectivity index (χ1v) is 6.98. The lowest BCUT2D eigenvalue weighted by molar-refractivity contribution is -0.137. The highest BCUT2D eigenvalue weighted by Crippen LogP contribution is 2.35. The van der Waals surface area contributed by atoms with E-state index in [0.717, 1.165) is 12.1 Å². The fourth-order valence-corrected chi connectivity index (χ4v) is 2.19. The third-order valence-electron chi connectivity index (χ3n) is 3.32. The molecule has 6 nitrogen and oxygen atoms in total. The number of ether oxygens (including phenoxy) is 2. The highest BCUT2D eigenvalue weighted by atomic mass is 19.4. The molecular formula is C15H12F4N4O2. The molecule has 2 aromatic rings. The molecule has 132 valence electrons. The van der Waals surface area contributed by atoms with Crippen LogP contribution in [0.4, 0.5) is 29.1 Å². The smallest absolute Gasteiger partial charge is 0.416 e. The molecule has 0 aliphatic carbocycles. The molecule has 0 fully saturated rings. The van der Waals surface area contributed by atoms with Gasteiger partial charge in [-0.2, -0.15) is 13.2 Å². The minimum absolute atomic E-state index is 0.0205. The van der Waals surface area contributed by atoms with E-state index in [2.05, 4.69) is 15.3 Å². The topological polar surface area (TPSA) is 82.3 Å². The maximum atomic E-state index is 14.2. The fraction of sp³-hybridized carbons (Fsp3) is 0.200. The highest BCUT2D eigenvalue weighted by molar-refractivity contribution is 5.81. The second-order valence-corrected chi connectivity index (χ2v) is 5.11. The van der Waals surface area contributed by atoms with Gasteiger partial charge in [-0.1, -0.05) is 0 Å². The highest BCUT2D eigenvalue weighted by Gasteiger charge is 2.31. The van der Waals surface area contributed by atoms with Crippen LogP contribution < -0.4 is 11.1 Å². The maximum Gasteiger partial charge on any atom is 0.416 e. The SMILES string of the molecule is Cc1nc(NC2=COCO2)c(N)c(-c2ccc(C(F)(F)F)cc2F)n1. The van der Waals surface area contributed by atoms with Gasteiger partial charge in [-0.15, -0.1) is 0 Å². The summed E-state index contributed by atoms with van der Waals surface area (Å²) in [4.78, 5) is 8.12. The molecule has 2 heterocycles. The molecule has 0 unspecified atom stereocenters. The van der Waals surface area contributed by atoms with Crippen LogP contribution in [0.2, 0.25) is 0 Å². The Balaban J connectivity index is 2.04. The Bertz CT molecular complexity index is 852. The molecule has 0 saturated heterocycles. The number of nitrogen functional groups attached to an aromatic ring is 1. The number of alkyl halides is 3. The number of benzene rings is 1. The normalized spacial score (nSPS) is 13.9. The van der Waals surface area contributed by atoms with Crippen LogP contribution in [-0.2, 0) is 15.7 Å². The van der Waals surface area contributed by atoms with Crippen LogP contribution in [0.1, 0.15) is 11.4 Å². The van der Waals surface area contributed by atoms with Crippen molar-refractivity contribution in [1.29, 1.82) is 0 Å². The third-order valence-corrected chi connectivity index (χ3v) is 3.32. The minimum Gasteiger partial charge on any atom is -0.459 e. The summed E-state index contributed by atoms with van der Waals surface area (Å²) >= 11 is 0. The number of hydrogen-bond donors (Lipinski definition) is 2. The number of halogens is 4. The summed E-state index contributed by atoms with van der Waals surface area (Å²) in [5.41, 5.74) is 4.62. The Morgan fingerprint density at radius 3 is 2.60 bits per heavy atom. The summed E-state index contributed by atoms with van der Waals surface area (Å²) in [6, 6.07) is 2.14. The number of hydrogen-bond acceptors (Lipinski definition) is 6. The lowest BCUT2D eigenvalue weighted by atomic mass is 10.1. The average molecular weight is 356 g/mol. The Kier molecular flexibility index (Phi) is 4.11. The van der Waals surface area contributed by atoms with Crippen molar-refractivity contribution in [2.45, 2.75) is 13.1 Å². The zero-order chi connectivity index (χ0) is 18.2. The van der Waals surface area contributed by atoms with E-state index >= 15 is 0 Å². The van der Waals surface area contributed by atoms with E-state index in [1.165, 1.54) is 13.2 Å². The molecular weight excluding hydrogens is 344 g/mol. The number of rotatable bonds is 3. The number of aromatic nitrogens is 2. The van der Waals surface area contributed by atoms with Crippen molar-refractivity contribution in [3.8, 4) is 11.3 Å². The second-order valence-electron chi connectivity index (χ2n) is 5.11. The van der Waals surface area contributed by atoms with Crippen LogP contribution in [0.25, 0.3) is 11.3 Å². The Morgan fingerprint density at radius 1 is 1.24 bits per heavy atom. The quantitative estimate of drug-likeness (QED) is 0.821. The lowest BCUT2D eigenvalue weighted by Gasteiger charge is -2.14. The zero-order valence-electron chi connectivity index (χ0n) is 12.8. The largest absolute Gasteiger partial charge is 0.459 e. The summed E-state index contributed by atoms with van der Waals surface area (Å²) in [6.45, 7) is 1.56. The van der Waals surface area contributed by atoms with E-state index in [1.54, 1.807) is 0 Å². The summed E-state index contributed by atoms with van der Waals surface area (Å²) in [5, 5.41) is 2.75. The van der Waals surface area contributed by atoms with E-state index in [1.807, 2.05) is 0 Å². The van der Waals surface area contributed by atoms with Crippen molar-refractivity contribution in [2.75, 3.05) is 17.8 Å². The van der Waals surface area contributed by atoms with E-state index in [-0.39, 0.29) is 41.3 Å². The molecule has 1 aromatic heterocycles. The van der Waals surface area contributed by atoms with Gasteiger partial charge in [0.2, 0.25) is 12.7 Å². The zero-order valence-corrected chi connectivity index (χ0v) is 12.8. The van der Waals surface area contributed by atoms with Crippen LogP contribution in [0.15, 0.2) is 30.3 Å². The molecule has 1 aliphatic rings. The van der Waals surface area contributed by atoms with Crippen LogP contribution in [0.5, 0.6) is 0 Å². The summed E-state index contributed by atoms with van der Waals surface area (Å²) in [6.07, 6.45) is -3.35. The van der Waals surface area contributed by atoms with Crippen molar-refractivity contribution < 1.29 is 27.0 Å². The van der Waals surface area contributed by atoms with Crippen molar-refractivity contribution in [3.63, 3.8) is 0 Å². The van der Waals surface area contributed by atoms with Crippen LogP contribution in [0, 0.1) is 12.7 Å². The Morgan fingerprint density at radius 2 is 2.00 bits per heavy atom. The summed E-state index contributed by atoms with van der Waals surface area (Å²) in [7, 11) is 0. The molecule has 0 bridgehead atoms. The number of nitrogens with one attached hydrogen (secondary N) is 1.